The molecule has 2 aromatic rings. The molecule has 78 valence electrons. The van der Waals surface area contributed by atoms with Crippen LogP contribution in [-0.4, -0.2) is 9.78 Å². The van der Waals surface area contributed by atoms with Crippen molar-refractivity contribution in [2.45, 2.75) is 13.0 Å². The van der Waals surface area contributed by atoms with E-state index in [9.17, 15) is 4.39 Å². The fraction of sp³-hybridized carbons (Fsp3) is 0.182. The molecular weight excluding hydrogens is 193 g/mol. The number of nitrogens with zero attached hydrogens (tertiary/aromatic N) is 2. The van der Waals surface area contributed by atoms with Gasteiger partial charge in [0.25, 0.3) is 0 Å². The third-order valence-corrected chi connectivity index (χ3v) is 2.23. The van der Waals surface area contributed by atoms with E-state index in [1.807, 2.05) is 13.0 Å². The lowest BCUT2D eigenvalue weighted by Crippen LogP contribution is -2.10. The molecule has 3 nitrogen and oxygen atoms in total. The zero-order valence-corrected chi connectivity index (χ0v) is 8.39. The molecule has 2 N–H and O–H groups in total. The summed E-state index contributed by atoms with van der Waals surface area (Å²) in [6.07, 6.45) is 3.48. The van der Waals surface area contributed by atoms with Crippen LogP contribution in [-0.2, 0) is 0 Å². The lowest BCUT2D eigenvalue weighted by molar-refractivity contribution is 0.620. The highest BCUT2D eigenvalue weighted by atomic mass is 19.1. The molecular formula is C11H12FN3. The molecule has 1 aromatic heterocycles. The van der Waals surface area contributed by atoms with Crippen LogP contribution in [0.4, 0.5) is 4.39 Å². The van der Waals surface area contributed by atoms with E-state index in [-0.39, 0.29) is 11.9 Å². The highest BCUT2D eigenvalue weighted by Gasteiger charge is 2.09. The van der Waals surface area contributed by atoms with Gasteiger partial charge < -0.3 is 5.73 Å². The summed E-state index contributed by atoms with van der Waals surface area (Å²) in [4.78, 5) is 0. The standard InChI is InChI=1S/C11H12FN3/c1-8(13)10-7-9(12)3-4-11(10)15-6-2-5-14-15/h2-8H,13H2,1H3/t8-/m0/s1. The fourth-order valence-electron chi connectivity index (χ4n) is 1.51. The molecule has 0 saturated heterocycles. The number of aromatic nitrogens is 2. The van der Waals surface area contributed by atoms with Crippen LogP contribution in [0, 0.1) is 5.82 Å². The molecule has 1 aromatic carbocycles. The van der Waals surface area contributed by atoms with Gasteiger partial charge in [-0.1, -0.05) is 0 Å². The van der Waals surface area contributed by atoms with Crippen molar-refractivity contribution >= 4 is 0 Å². The van der Waals surface area contributed by atoms with Crippen LogP contribution >= 0.6 is 0 Å². The minimum absolute atomic E-state index is 0.222. The van der Waals surface area contributed by atoms with Crippen molar-refractivity contribution in [1.29, 1.82) is 0 Å². The molecule has 1 heterocycles. The second kappa shape index (κ2) is 3.82. The van der Waals surface area contributed by atoms with Gasteiger partial charge in [-0.15, -0.1) is 0 Å². The van der Waals surface area contributed by atoms with Gasteiger partial charge in [-0.05, 0) is 36.8 Å². The number of rotatable bonds is 2. The summed E-state index contributed by atoms with van der Waals surface area (Å²) in [5, 5.41) is 4.10. The van der Waals surface area contributed by atoms with Crippen LogP contribution < -0.4 is 5.73 Å². The Bertz CT molecular complexity index is 449. The zero-order valence-electron chi connectivity index (χ0n) is 8.39. The predicted octanol–water partition coefficient (Wildman–Crippen LogP) is 2.03. The molecule has 0 fully saturated rings. The van der Waals surface area contributed by atoms with Gasteiger partial charge in [0.2, 0.25) is 0 Å². The van der Waals surface area contributed by atoms with Crippen LogP contribution in [0.25, 0.3) is 5.69 Å². The minimum Gasteiger partial charge on any atom is -0.324 e. The Morgan fingerprint density at radius 3 is 2.87 bits per heavy atom. The van der Waals surface area contributed by atoms with E-state index < -0.39 is 0 Å². The third-order valence-electron chi connectivity index (χ3n) is 2.23. The molecule has 0 aliphatic carbocycles. The van der Waals surface area contributed by atoms with Crippen LogP contribution in [0.1, 0.15) is 18.5 Å². The van der Waals surface area contributed by atoms with E-state index in [0.29, 0.717) is 0 Å². The highest BCUT2D eigenvalue weighted by molar-refractivity contribution is 5.42. The smallest absolute Gasteiger partial charge is 0.123 e. The molecule has 0 unspecified atom stereocenters. The van der Waals surface area contributed by atoms with Gasteiger partial charge in [0.1, 0.15) is 5.82 Å². The second-order valence-electron chi connectivity index (χ2n) is 3.44. The van der Waals surface area contributed by atoms with E-state index in [4.69, 9.17) is 5.73 Å². The lowest BCUT2D eigenvalue weighted by atomic mass is 10.1. The molecule has 0 aliphatic rings. The Labute approximate surface area is 87.3 Å². The third kappa shape index (κ3) is 1.89. The van der Waals surface area contributed by atoms with E-state index in [0.717, 1.165) is 11.3 Å². The molecule has 0 aliphatic heterocycles. The SMILES string of the molecule is C[C@H](N)c1cc(F)ccc1-n1cccn1. The number of halogens is 1. The van der Waals surface area contributed by atoms with Gasteiger partial charge in [-0.2, -0.15) is 5.10 Å². The predicted molar refractivity (Wildman–Crippen MR) is 56.1 cm³/mol. The average Bonchev–Trinajstić information content (AvgIpc) is 2.70. The Hall–Kier alpha value is -1.68. The molecule has 2 rings (SSSR count). The minimum atomic E-state index is -0.279. The first-order valence-electron chi connectivity index (χ1n) is 4.73. The van der Waals surface area contributed by atoms with Crippen molar-refractivity contribution in [3.63, 3.8) is 0 Å². The van der Waals surface area contributed by atoms with Crippen LogP contribution in [0.15, 0.2) is 36.7 Å². The summed E-state index contributed by atoms with van der Waals surface area (Å²) in [6.45, 7) is 1.82. The summed E-state index contributed by atoms with van der Waals surface area (Å²) < 4.78 is 14.7. The molecule has 0 amide bonds. The van der Waals surface area contributed by atoms with Gasteiger partial charge in [0.05, 0.1) is 5.69 Å². The quantitative estimate of drug-likeness (QED) is 0.815. The number of hydrogen-bond acceptors (Lipinski definition) is 2. The zero-order chi connectivity index (χ0) is 10.8. The number of hydrogen-bond donors (Lipinski definition) is 1. The first-order valence-corrected chi connectivity index (χ1v) is 4.73. The summed E-state index contributed by atoms with van der Waals surface area (Å²) in [5.74, 6) is -0.279. The average molecular weight is 205 g/mol. The van der Waals surface area contributed by atoms with E-state index >= 15 is 0 Å². The maximum absolute atomic E-state index is 13.1. The Morgan fingerprint density at radius 2 is 2.27 bits per heavy atom. The summed E-state index contributed by atoms with van der Waals surface area (Å²) in [5.41, 5.74) is 7.35. The van der Waals surface area contributed by atoms with E-state index in [1.165, 1.54) is 12.1 Å². The van der Waals surface area contributed by atoms with Gasteiger partial charge in [-0.25, -0.2) is 9.07 Å². The van der Waals surface area contributed by atoms with Crippen molar-refractivity contribution in [2.24, 2.45) is 5.73 Å². The first kappa shape index (κ1) is 9.86. The van der Waals surface area contributed by atoms with Gasteiger partial charge in [0, 0.05) is 18.4 Å². The van der Waals surface area contributed by atoms with Crippen molar-refractivity contribution in [2.75, 3.05) is 0 Å². The Kier molecular flexibility index (Phi) is 2.51. The van der Waals surface area contributed by atoms with Crippen LogP contribution in [0.2, 0.25) is 0 Å². The van der Waals surface area contributed by atoms with Crippen molar-refractivity contribution in [3.8, 4) is 5.69 Å². The van der Waals surface area contributed by atoms with E-state index in [2.05, 4.69) is 5.10 Å². The molecule has 0 spiro atoms. The molecule has 4 heteroatoms. The van der Waals surface area contributed by atoms with Crippen molar-refractivity contribution in [1.82, 2.24) is 9.78 Å². The molecule has 0 saturated carbocycles. The molecule has 0 bridgehead atoms. The Balaban J connectivity index is 2.56. The summed E-state index contributed by atoms with van der Waals surface area (Å²) >= 11 is 0. The first-order chi connectivity index (χ1) is 7.18. The fourth-order valence-corrected chi connectivity index (χ4v) is 1.51. The van der Waals surface area contributed by atoms with Crippen molar-refractivity contribution < 1.29 is 4.39 Å². The topological polar surface area (TPSA) is 43.8 Å². The van der Waals surface area contributed by atoms with Crippen LogP contribution in [0.5, 0.6) is 0 Å². The second-order valence-corrected chi connectivity index (χ2v) is 3.44. The monoisotopic (exact) mass is 205 g/mol. The van der Waals surface area contributed by atoms with Gasteiger partial charge in [0.15, 0.2) is 0 Å². The maximum Gasteiger partial charge on any atom is 0.123 e. The largest absolute Gasteiger partial charge is 0.324 e. The normalized spacial score (nSPS) is 12.7. The number of nitrogens with two attached hydrogens (primary N) is 1. The van der Waals surface area contributed by atoms with Gasteiger partial charge >= 0.3 is 0 Å². The van der Waals surface area contributed by atoms with Crippen molar-refractivity contribution in [3.05, 3.63) is 48.0 Å². The van der Waals surface area contributed by atoms with E-state index in [1.54, 1.807) is 23.1 Å². The maximum atomic E-state index is 13.1. The molecule has 0 radical (unpaired) electrons. The molecule has 15 heavy (non-hydrogen) atoms. The Morgan fingerprint density at radius 1 is 1.47 bits per heavy atom. The highest BCUT2D eigenvalue weighted by Crippen LogP contribution is 2.20. The summed E-state index contributed by atoms with van der Waals surface area (Å²) in [7, 11) is 0. The lowest BCUT2D eigenvalue weighted by Gasteiger charge is -2.12. The summed E-state index contributed by atoms with van der Waals surface area (Å²) in [6, 6.07) is 6.12. The molecule has 1 atom stereocenters. The number of benzene rings is 1. The van der Waals surface area contributed by atoms with Gasteiger partial charge in [-0.3, -0.25) is 0 Å². The van der Waals surface area contributed by atoms with Crippen LogP contribution in [0.3, 0.4) is 0 Å².